The van der Waals surface area contributed by atoms with Crippen LogP contribution in [0.1, 0.15) is 28.7 Å². The molecule has 0 fully saturated rings. The Labute approximate surface area is 116 Å². The number of benzene rings is 1. The average Bonchev–Trinajstić information content (AvgIpc) is 2.73. The molecule has 0 aliphatic carbocycles. The highest BCUT2D eigenvalue weighted by molar-refractivity contribution is 5.97. The summed E-state index contributed by atoms with van der Waals surface area (Å²) in [5.41, 5.74) is 8.09. The van der Waals surface area contributed by atoms with Crippen molar-refractivity contribution >= 4 is 11.6 Å². The maximum Gasteiger partial charge on any atom is 0.271 e. The van der Waals surface area contributed by atoms with Crippen LogP contribution in [0.4, 0.5) is 10.1 Å². The van der Waals surface area contributed by atoms with Crippen molar-refractivity contribution in [3.63, 3.8) is 0 Å². The zero-order valence-electron chi connectivity index (χ0n) is 11.5. The van der Waals surface area contributed by atoms with Gasteiger partial charge in [0.2, 0.25) is 0 Å². The van der Waals surface area contributed by atoms with Crippen molar-refractivity contribution in [2.45, 2.75) is 26.9 Å². The van der Waals surface area contributed by atoms with Crippen molar-refractivity contribution in [1.82, 2.24) is 15.1 Å². The molecule has 2 rings (SSSR count). The zero-order valence-corrected chi connectivity index (χ0v) is 11.5. The first-order chi connectivity index (χ1) is 9.52. The molecule has 1 heterocycles. The monoisotopic (exact) mass is 276 g/mol. The second kappa shape index (κ2) is 5.73. The van der Waals surface area contributed by atoms with Gasteiger partial charge in [-0.25, -0.2) is 4.39 Å². The number of nitrogen functional groups attached to an aromatic ring is 1. The highest BCUT2D eigenvalue weighted by Gasteiger charge is 2.18. The third-order valence-corrected chi connectivity index (χ3v) is 3.05. The molecule has 0 unspecified atom stereocenters. The first kappa shape index (κ1) is 14.0. The summed E-state index contributed by atoms with van der Waals surface area (Å²) < 4.78 is 14.4. The quantitative estimate of drug-likeness (QED) is 0.895. The van der Waals surface area contributed by atoms with Crippen LogP contribution in [-0.4, -0.2) is 15.7 Å². The lowest BCUT2D eigenvalue weighted by Crippen LogP contribution is -2.26. The Morgan fingerprint density at radius 2 is 2.05 bits per heavy atom. The van der Waals surface area contributed by atoms with E-state index in [4.69, 9.17) is 5.73 Å². The minimum atomic E-state index is -0.302. The molecular weight excluding hydrogens is 259 g/mol. The lowest BCUT2D eigenvalue weighted by molar-refractivity contribution is 0.0941. The Bertz CT molecular complexity index is 619. The number of aromatic nitrogens is 2. The standard InChI is InChI=1S/C14H17FN4O/c1-3-19-13(12(16)9(2)18-19)14(20)17-8-10-4-6-11(15)7-5-10/h4-7H,3,8,16H2,1-2H3,(H,17,20). The number of nitrogens with zero attached hydrogens (tertiary/aromatic N) is 2. The number of hydrogen-bond donors (Lipinski definition) is 2. The maximum atomic E-state index is 12.8. The summed E-state index contributed by atoms with van der Waals surface area (Å²) in [5, 5.41) is 6.96. The van der Waals surface area contributed by atoms with Crippen molar-refractivity contribution < 1.29 is 9.18 Å². The molecule has 3 N–H and O–H groups in total. The van der Waals surface area contributed by atoms with Crippen molar-refractivity contribution in [2.24, 2.45) is 0 Å². The van der Waals surface area contributed by atoms with E-state index in [0.717, 1.165) is 5.56 Å². The first-order valence-electron chi connectivity index (χ1n) is 6.38. The summed E-state index contributed by atoms with van der Waals surface area (Å²) in [6.07, 6.45) is 0. The predicted molar refractivity (Wildman–Crippen MR) is 74.6 cm³/mol. The summed E-state index contributed by atoms with van der Waals surface area (Å²) in [6, 6.07) is 5.97. The number of aryl methyl sites for hydroxylation is 2. The number of halogens is 1. The maximum absolute atomic E-state index is 12.8. The highest BCUT2D eigenvalue weighted by atomic mass is 19.1. The summed E-state index contributed by atoms with van der Waals surface area (Å²) in [5.74, 6) is -0.585. The van der Waals surface area contributed by atoms with Crippen LogP contribution in [0.2, 0.25) is 0 Å². The SMILES string of the molecule is CCn1nc(C)c(N)c1C(=O)NCc1ccc(F)cc1. The third kappa shape index (κ3) is 2.79. The normalized spacial score (nSPS) is 10.6. The molecule has 0 radical (unpaired) electrons. The fourth-order valence-corrected chi connectivity index (χ4v) is 1.93. The van der Waals surface area contributed by atoms with Gasteiger partial charge in [-0.1, -0.05) is 12.1 Å². The van der Waals surface area contributed by atoms with Gasteiger partial charge < -0.3 is 11.1 Å². The molecule has 0 atom stereocenters. The van der Waals surface area contributed by atoms with Gasteiger partial charge in [0, 0.05) is 13.1 Å². The number of nitrogens with one attached hydrogen (secondary N) is 1. The second-order valence-electron chi connectivity index (χ2n) is 4.47. The topological polar surface area (TPSA) is 72.9 Å². The van der Waals surface area contributed by atoms with Crippen LogP contribution in [0.25, 0.3) is 0 Å². The van der Waals surface area contributed by atoms with Crippen LogP contribution in [0.15, 0.2) is 24.3 Å². The second-order valence-corrected chi connectivity index (χ2v) is 4.47. The summed E-state index contributed by atoms with van der Waals surface area (Å²) in [4.78, 5) is 12.2. The molecule has 1 aromatic heterocycles. The predicted octanol–water partition coefficient (Wildman–Crippen LogP) is 1.86. The van der Waals surface area contributed by atoms with Gasteiger partial charge in [0.25, 0.3) is 5.91 Å². The van der Waals surface area contributed by atoms with Gasteiger partial charge >= 0.3 is 0 Å². The molecule has 0 saturated carbocycles. The van der Waals surface area contributed by atoms with E-state index < -0.39 is 0 Å². The van der Waals surface area contributed by atoms with E-state index in [-0.39, 0.29) is 11.7 Å². The van der Waals surface area contributed by atoms with Gasteiger partial charge in [0.15, 0.2) is 0 Å². The lowest BCUT2D eigenvalue weighted by atomic mass is 10.2. The molecule has 2 aromatic rings. The van der Waals surface area contributed by atoms with Gasteiger partial charge in [-0.05, 0) is 31.5 Å². The van der Waals surface area contributed by atoms with E-state index in [1.807, 2.05) is 6.92 Å². The Hall–Kier alpha value is -2.37. The molecule has 6 heteroatoms. The van der Waals surface area contributed by atoms with Gasteiger partial charge in [0.1, 0.15) is 11.5 Å². The Kier molecular flexibility index (Phi) is 4.02. The largest absolute Gasteiger partial charge is 0.395 e. The molecule has 0 saturated heterocycles. The number of rotatable bonds is 4. The number of nitrogens with two attached hydrogens (primary N) is 1. The van der Waals surface area contributed by atoms with Crippen LogP contribution in [0.3, 0.4) is 0 Å². The molecule has 5 nitrogen and oxygen atoms in total. The van der Waals surface area contributed by atoms with Crippen LogP contribution in [-0.2, 0) is 13.1 Å². The molecule has 0 aliphatic rings. The number of carbonyl (C=O) groups is 1. The van der Waals surface area contributed by atoms with E-state index in [1.54, 1.807) is 23.7 Å². The van der Waals surface area contributed by atoms with Gasteiger partial charge in [-0.15, -0.1) is 0 Å². The van der Waals surface area contributed by atoms with E-state index >= 15 is 0 Å². The van der Waals surface area contributed by atoms with Gasteiger partial charge in [0.05, 0.1) is 11.4 Å². The Morgan fingerprint density at radius 3 is 2.65 bits per heavy atom. The third-order valence-electron chi connectivity index (χ3n) is 3.05. The summed E-state index contributed by atoms with van der Waals surface area (Å²) in [6.45, 7) is 4.53. The van der Waals surface area contributed by atoms with E-state index in [0.29, 0.717) is 30.2 Å². The highest BCUT2D eigenvalue weighted by Crippen LogP contribution is 2.16. The van der Waals surface area contributed by atoms with Crippen LogP contribution in [0, 0.1) is 12.7 Å². The van der Waals surface area contributed by atoms with Crippen molar-refractivity contribution in [2.75, 3.05) is 5.73 Å². The fourth-order valence-electron chi connectivity index (χ4n) is 1.93. The van der Waals surface area contributed by atoms with Crippen molar-refractivity contribution in [1.29, 1.82) is 0 Å². The molecule has 0 aliphatic heterocycles. The van der Waals surface area contributed by atoms with E-state index in [1.165, 1.54) is 12.1 Å². The first-order valence-corrected chi connectivity index (χ1v) is 6.38. The summed E-state index contributed by atoms with van der Waals surface area (Å²) in [7, 11) is 0. The van der Waals surface area contributed by atoms with Crippen LogP contribution in [0.5, 0.6) is 0 Å². The van der Waals surface area contributed by atoms with E-state index in [9.17, 15) is 9.18 Å². The van der Waals surface area contributed by atoms with Gasteiger partial charge in [-0.3, -0.25) is 9.48 Å². The number of hydrogen-bond acceptors (Lipinski definition) is 3. The number of amides is 1. The minimum Gasteiger partial charge on any atom is -0.395 e. The summed E-state index contributed by atoms with van der Waals surface area (Å²) >= 11 is 0. The van der Waals surface area contributed by atoms with Crippen LogP contribution >= 0.6 is 0 Å². The molecular formula is C14H17FN4O. The number of carbonyl (C=O) groups excluding carboxylic acids is 1. The molecule has 0 spiro atoms. The molecule has 1 amide bonds. The molecule has 1 aromatic carbocycles. The number of anilines is 1. The van der Waals surface area contributed by atoms with Crippen molar-refractivity contribution in [3.8, 4) is 0 Å². The smallest absolute Gasteiger partial charge is 0.271 e. The minimum absolute atomic E-state index is 0.283. The molecule has 106 valence electrons. The fraction of sp³-hybridized carbons (Fsp3) is 0.286. The van der Waals surface area contributed by atoms with Crippen molar-refractivity contribution in [3.05, 3.63) is 47.0 Å². The average molecular weight is 276 g/mol. The lowest BCUT2D eigenvalue weighted by Gasteiger charge is -2.07. The van der Waals surface area contributed by atoms with Gasteiger partial charge in [-0.2, -0.15) is 5.10 Å². The Morgan fingerprint density at radius 1 is 1.40 bits per heavy atom. The Balaban J connectivity index is 2.11. The molecule has 20 heavy (non-hydrogen) atoms. The zero-order chi connectivity index (χ0) is 14.7. The van der Waals surface area contributed by atoms with Crippen LogP contribution < -0.4 is 11.1 Å². The van der Waals surface area contributed by atoms with E-state index in [2.05, 4.69) is 10.4 Å². The molecule has 0 bridgehead atoms.